The Hall–Kier alpha value is -18.6. The zero-order chi connectivity index (χ0) is 96.9. The van der Waals surface area contributed by atoms with Gasteiger partial charge in [0.1, 0.15) is 84.6 Å². The van der Waals surface area contributed by atoms with Gasteiger partial charge < -0.3 is 69.4 Å². The monoisotopic (exact) mass is 1920 g/mol. The molecule has 0 atom stereocenters. The summed E-state index contributed by atoms with van der Waals surface area (Å²) in [5.74, 6) is 4.46. The lowest BCUT2D eigenvalue weighted by atomic mass is 9.66. The van der Waals surface area contributed by atoms with Gasteiger partial charge in [-0.05, 0) is 173 Å². The Bertz CT molecular complexity index is 10600. The molecule has 0 fully saturated rings. The Morgan fingerprint density at radius 1 is 0.195 bits per heavy atom. The van der Waals surface area contributed by atoms with Crippen molar-refractivity contribution in [2.24, 2.45) is 0 Å². The van der Waals surface area contributed by atoms with Crippen molar-refractivity contribution in [3.05, 3.63) is 390 Å². The Balaban J connectivity index is 0.0000000768. The lowest BCUT2D eigenvalue weighted by Crippen LogP contribution is -2.54. The van der Waals surface area contributed by atoms with Crippen molar-refractivity contribution in [2.75, 3.05) is 24.1 Å². The number of hydrogen-bond acceptors (Lipinski definition) is 15. The molecule has 0 amide bonds. The first kappa shape index (κ1) is 79.8. The van der Waals surface area contributed by atoms with Crippen LogP contribution in [0.5, 0.6) is 28.7 Å². The zero-order valence-corrected chi connectivity index (χ0v) is 80.8. The molecule has 694 valence electrons. The van der Waals surface area contributed by atoms with Crippen LogP contribution in [0.15, 0.2) is 362 Å². The zero-order valence-electron chi connectivity index (χ0n) is 80.8. The summed E-state index contributed by atoms with van der Waals surface area (Å²) in [6, 6.07) is 109. The summed E-state index contributed by atoms with van der Waals surface area (Å²) in [5, 5.41) is 11.3. The van der Waals surface area contributed by atoms with E-state index in [1.165, 1.54) is 162 Å². The lowest BCUT2D eigenvalue weighted by molar-refractivity contribution is -0.671. The molecule has 0 saturated carbocycles. The van der Waals surface area contributed by atoms with Crippen molar-refractivity contribution >= 4 is 229 Å². The minimum Gasteiger partial charge on any atom is -0.536 e. The number of aryl methyl sites for hydroxylation is 4. The second-order valence-electron chi connectivity index (χ2n) is 42.1. The van der Waals surface area contributed by atoms with E-state index in [2.05, 4.69) is 379 Å². The number of pyridine rings is 5. The predicted molar refractivity (Wildman–Crippen MR) is 584 cm³/mol. The van der Waals surface area contributed by atoms with Crippen molar-refractivity contribution in [1.29, 1.82) is 0 Å². The maximum Gasteiger partial charge on any atom is 0.531 e. The van der Waals surface area contributed by atoms with Crippen molar-refractivity contribution in [1.82, 2.24) is 0 Å². The van der Waals surface area contributed by atoms with Crippen LogP contribution >= 0.6 is 0 Å². The van der Waals surface area contributed by atoms with E-state index in [-0.39, 0.29) is 35.3 Å². The van der Waals surface area contributed by atoms with Gasteiger partial charge in [-0.3, -0.25) is 0 Å². The fraction of sp³-hybridized carbons (Fsp3) is 0.0726. The number of fused-ring (bicyclic) bond motifs is 40. The molecule has 40 rings (SSSR count). The first-order valence-electron chi connectivity index (χ1n) is 51.3. The third-order valence-electron chi connectivity index (χ3n) is 33.5. The fourth-order valence-electron chi connectivity index (χ4n) is 27.5. The second kappa shape index (κ2) is 28.3. The molecule has 25 heteroatoms. The summed E-state index contributed by atoms with van der Waals surface area (Å²) in [6.07, 6.45) is 10.9. The van der Waals surface area contributed by atoms with Crippen LogP contribution in [-0.4, -0.2) is 35.3 Å². The average molecular weight is 1920 g/mol. The van der Waals surface area contributed by atoms with E-state index in [0.717, 1.165) is 200 Å². The van der Waals surface area contributed by atoms with Crippen LogP contribution < -0.4 is 97.5 Å². The van der Waals surface area contributed by atoms with E-state index in [0.29, 0.717) is 0 Å². The van der Waals surface area contributed by atoms with Crippen molar-refractivity contribution < 1.29 is 68.2 Å². The van der Waals surface area contributed by atoms with Gasteiger partial charge in [-0.2, -0.15) is 22.8 Å². The first-order valence-corrected chi connectivity index (χ1v) is 51.3. The van der Waals surface area contributed by atoms with Gasteiger partial charge in [0.15, 0.2) is 63.7 Å². The largest absolute Gasteiger partial charge is 0.536 e. The number of benzene rings is 15. The topological polar surface area (TPSA) is 147 Å². The molecule has 0 saturated heterocycles. The molecule has 0 aliphatic carbocycles. The molecule has 0 bridgehead atoms. The molecule has 25 heterocycles. The molecule has 15 aliphatic heterocycles. The molecular formula is C124H78B5N10O10+5. The van der Waals surface area contributed by atoms with Gasteiger partial charge in [0.25, 0.3) is 0 Å². The van der Waals surface area contributed by atoms with Gasteiger partial charge in [-0.25, -0.2) is 0 Å². The van der Waals surface area contributed by atoms with Crippen molar-refractivity contribution in [2.45, 2.75) is 60.4 Å². The third kappa shape index (κ3) is 10.6. The summed E-state index contributed by atoms with van der Waals surface area (Å²) in [7, 11) is -0.753. The number of hydrogen-bond donors (Lipinski definition) is 0. The maximum atomic E-state index is 6.62. The molecule has 10 aromatic heterocycles. The number of rotatable bonds is 0. The van der Waals surface area contributed by atoms with E-state index in [9.17, 15) is 0 Å². The van der Waals surface area contributed by atoms with Crippen LogP contribution in [0.25, 0.3) is 166 Å². The standard InChI is InChI=1S/4C25H16BN2O2.C24H14BN2O2/c1-14-7-8-21-16(10-14)17-11-23-20(12-22(17)29-21)28-19-6-2-4-15-13-27-9-3-5-18(26(28)30-23)25(27)24(15)19;1-14-7-8-21-16(10-14)17-11-20-23(12-22(17)29-21)30-26-18-5-3-9-27-13-15-4-2-6-19(28(20)26)24(15)25(18)27;1-14-9-18-25-24-15(13-27(25)12-14)5-4-7-19(24)28-20-11-22-17(10-23(20)30-26(18)28)16-6-2-3-8-21(16)29-22;1-14-9-15-13-27-8-4-6-18-25(27)24(15)20(10-14)28-19-11-17-16-5-2-3-7-21(16)29-22(17)12-23(19)30-26(18)28;1-2-9-20-15(6-1)16-11-19-22(12-21(16)28-20)29-25-17-7-4-10-26-13-14-5-3-8-18(27(19)25)23(14)24(17)26/h4*2-12H,13H2,1H3;1-12H,13H2/q5*+1. The van der Waals surface area contributed by atoms with Crippen molar-refractivity contribution in [3.8, 4) is 85.0 Å². The average Bonchev–Trinajstić information content (AvgIpc) is 1.55. The van der Waals surface area contributed by atoms with E-state index >= 15 is 0 Å². The summed E-state index contributed by atoms with van der Waals surface area (Å²) >= 11 is 0. The molecule has 149 heavy (non-hydrogen) atoms. The molecule has 20 nitrogen and oxygen atoms in total. The van der Waals surface area contributed by atoms with Gasteiger partial charge in [0.05, 0.1) is 83.6 Å². The third-order valence-corrected chi connectivity index (χ3v) is 33.5. The quantitative estimate of drug-likeness (QED) is 0.105. The van der Waals surface area contributed by atoms with Gasteiger partial charge in [-0.1, -0.05) is 126 Å². The summed E-state index contributed by atoms with van der Waals surface area (Å²) < 4.78 is 75.4. The highest BCUT2D eigenvalue weighted by molar-refractivity contribution is 6.80. The van der Waals surface area contributed by atoms with Crippen LogP contribution in [-0.2, 0) is 32.7 Å². The molecule has 0 N–H and O–H groups in total. The Labute approximate surface area is 851 Å². The van der Waals surface area contributed by atoms with Crippen LogP contribution in [0.2, 0.25) is 0 Å². The second-order valence-corrected chi connectivity index (χ2v) is 42.1. The molecule has 0 unspecified atom stereocenters. The SMILES string of the molecule is Cc1cc2c3[n+](c1)Cc1cccc(c1-3)N1B2Oc2cc3c(cc21)oc1ccccc13.Cc1cc2c3c(c1)N1B(Oc4cc5oc6ccccc6c5cc41)c1ccc[n+](c1-3)C2.Cc1ccc2oc3cc4c(cc3c2c1)N1B(O4)c2ccc[n+]3c2-c2c(cccc21)C3.Cc1ccc2oc3cc4c(cc3c2c1)OB1c2ccc[n+]3c2-c2c(cccc2N14)C3.c1cc2c3c(c1)N1B(Oc4cc5oc6ccccc6c5cc41)c1ccc[n+](c1-3)C2. The summed E-state index contributed by atoms with van der Waals surface area (Å²) in [6.45, 7) is 13.2. The minimum absolute atomic E-state index is 0.147. The molecule has 0 radical (unpaired) electrons. The van der Waals surface area contributed by atoms with E-state index in [1.54, 1.807) is 0 Å². The smallest absolute Gasteiger partial charge is 0.531 e. The van der Waals surface area contributed by atoms with Crippen molar-refractivity contribution in [3.63, 3.8) is 0 Å². The molecular weight excluding hydrogens is 1840 g/mol. The Morgan fingerprint density at radius 3 is 0.886 bits per heavy atom. The maximum absolute atomic E-state index is 6.62. The summed E-state index contributed by atoms with van der Waals surface area (Å²) in [5.41, 5.74) is 51.8. The molecule has 15 aliphatic rings. The van der Waals surface area contributed by atoms with Gasteiger partial charge in [-0.15, -0.1) is 0 Å². The van der Waals surface area contributed by atoms with Crippen LogP contribution in [0, 0.1) is 27.7 Å². The Morgan fingerprint density at radius 2 is 0.490 bits per heavy atom. The van der Waals surface area contributed by atoms with Crippen LogP contribution in [0.1, 0.15) is 50.1 Å². The number of nitrogens with zero attached hydrogens (tertiary/aromatic N) is 10. The number of anilines is 10. The predicted octanol–water partition coefficient (Wildman–Crippen LogP) is 21.9. The number of aromatic nitrogens is 5. The van der Waals surface area contributed by atoms with E-state index in [4.69, 9.17) is 45.4 Å². The normalized spacial score (nSPS) is 14.8. The van der Waals surface area contributed by atoms with Gasteiger partial charge >= 0.3 is 35.3 Å². The first-order chi connectivity index (χ1) is 73.4. The van der Waals surface area contributed by atoms with E-state index < -0.39 is 0 Å². The fourth-order valence-corrected chi connectivity index (χ4v) is 27.5. The molecule has 25 aromatic rings. The van der Waals surface area contributed by atoms with Crippen LogP contribution in [0.3, 0.4) is 0 Å². The number of para-hydroxylation sites is 3. The lowest BCUT2D eigenvalue weighted by Gasteiger charge is -2.28. The number of furan rings is 5. The van der Waals surface area contributed by atoms with Gasteiger partial charge in [0, 0.05) is 170 Å². The highest BCUT2D eigenvalue weighted by atomic mass is 16.5. The highest BCUT2D eigenvalue weighted by Gasteiger charge is 2.58. The Kier molecular flexibility index (Phi) is 15.2. The van der Waals surface area contributed by atoms with E-state index in [1.807, 2.05) is 36.4 Å². The molecule has 0 spiro atoms. The highest BCUT2D eigenvalue weighted by Crippen LogP contribution is 2.59. The van der Waals surface area contributed by atoms with Gasteiger partial charge in [0.2, 0.25) is 28.5 Å². The van der Waals surface area contributed by atoms with Crippen LogP contribution in [0.4, 0.5) is 56.9 Å². The molecule has 15 aromatic carbocycles. The summed E-state index contributed by atoms with van der Waals surface area (Å²) in [4.78, 5) is 11.8. The minimum atomic E-state index is -0.153.